The fourth-order valence-corrected chi connectivity index (χ4v) is 1.63. The van der Waals surface area contributed by atoms with E-state index in [4.69, 9.17) is 0 Å². The Hall–Kier alpha value is -1.14. The summed E-state index contributed by atoms with van der Waals surface area (Å²) >= 11 is 0. The van der Waals surface area contributed by atoms with Gasteiger partial charge in [0.25, 0.3) is 0 Å². The van der Waals surface area contributed by atoms with E-state index >= 15 is 0 Å². The molecule has 1 aliphatic heterocycles. The van der Waals surface area contributed by atoms with Crippen LogP contribution in [0.15, 0.2) is 0 Å². The zero-order chi connectivity index (χ0) is 11.3. The van der Waals surface area contributed by atoms with E-state index in [1.54, 1.807) is 0 Å². The van der Waals surface area contributed by atoms with Crippen molar-refractivity contribution in [3.63, 3.8) is 0 Å². The Balaban J connectivity index is 2.48. The third kappa shape index (κ3) is 3.85. The molecule has 0 bridgehead atoms. The van der Waals surface area contributed by atoms with Gasteiger partial charge in [-0.1, -0.05) is 0 Å². The van der Waals surface area contributed by atoms with Gasteiger partial charge >= 0.3 is 0 Å². The summed E-state index contributed by atoms with van der Waals surface area (Å²) in [5.41, 5.74) is 0. The number of aliphatic carboxylic acids is 2. The first-order valence-electron chi connectivity index (χ1n) is 4.99. The summed E-state index contributed by atoms with van der Waals surface area (Å²) in [4.78, 5) is 21.2. The molecule has 1 rings (SSSR count). The molecule has 1 aliphatic rings. The van der Waals surface area contributed by atoms with Crippen LogP contribution in [0, 0.1) is 0 Å². The van der Waals surface area contributed by atoms with E-state index in [9.17, 15) is 19.8 Å². The number of nitrogens with one attached hydrogen (secondary N) is 2. The molecule has 1 saturated heterocycles. The molecule has 0 radical (unpaired) electrons. The smallest absolute Gasteiger partial charge is 0.0584 e. The van der Waals surface area contributed by atoms with Gasteiger partial charge in [0.15, 0.2) is 0 Å². The molecule has 0 aromatic carbocycles. The quantitative estimate of drug-likeness (QED) is 0.496. The van der Waals surface area contributed by atoms with Crippen LogP contribution in [-0.2, 0) is 9.59 Å². The summed E-state index contributed by atoms with van der Waals surface area (Å²) in [6, 6.07) is -1.38. The SMILES string of the molecule is O=C([O-])[C@H]1CCC[C@H](C(=O)[O-])NCCN1. The predicted octanol–water partition coefficient (Wildman–Crippen LogP) is -3.41. The molecule has 0 amide bonds. The van der Waals surface area contributed by atoms with Crippen molar-refractivity contribution < 1.29 is 19.8 Å². The van der Waals surface area contributed by atoms with Crippen LogP contribution in [0.25, 0.3) is 0 Å². The minimum atomic E-state index is -1.14. The maximum Gasteiger partial charge on any atom is 0.0584 e. The van der Waals surface area contributed by atoms with Gasteiger partial charge in [-0.2, -0.15) is 0 Å². The molecule has 0 aromatic heterocycles. The van der Waals surface area contributed by atoms with Crippen molar-refractivity contribution in [3.05, 3.63) is 0 Å². The normalized spacial score (nSPS) is 28.5. The summed E-state index contributed by atoms with van der Waals surface area (Å²) in [7, 11) is 0. The van der Waals surface area contributed by atoms with Crippen LogP contribution in [0.1, 0.15) is 19.3 Å². The number of carboxylic acid groups (broad SMARTS) is 2. The largest absolute Gasteiger partial charge is 0.548 e. The molecule has 2 atom stereocenters. The van der Waals surface area contributed by atoms with Gasteiger partial charge in [0.2, 0.25) is 0 Å². The Morgan fingerprint density at radius 2 is 1.33 bits per heavy atom. The Morgan fingerprint density at radius 1 is 0.933 bits per heavy atom. The Bertz CT molecular complexity index is 220. The molecule has 0 aliphatic carbocycles. The second kappa shape index (κ2) is 5.67. The Morgan fingerprint density at radius 3 is 1.67 bits per heavy atom. The third-order valence-corrected chi connectivity index (χ3v) is 2.46. The molecule has 0 saturated carbocycles. The van der Waals surface area contributed by atoms with E-state index in [2.05, 4.69) is 10.6 Å². The van der Waals surface area contributed by atoms with Crippen LogP contribution in [0.3, 0.4) is 0 Å². The van der Waals surface area contributed by atoms with E-state index in [0.29, 0.717) is 32.4 Å². The molecule has 86 valence electrons. The number of hydrogen-bond donors (Lipinski definition) is 2. The monoisotopic (exact) mass is 214 g/mol. The molecule has 0 spiro atoms. The van der Waals surface area contributed by atoms with Crippen molar-refractivity contribution in [1.29, 1.82) is 0 Å². The maximum absolute atomic E-state index is 10.6. The van der Waals surface area contributed by atoms with Crippen LogP contribution in [0.2, 0.25) is 0 Å². The van der Waals surface area contributed by atoms with Gasteiger partial charge in [-0.25, -0.2) is 0 Å². The van der Waals surface area contributed by atoms with Crippen molar-refractivity contribution in [3.8, 4) is 0 Å². The molecule has 15 heavy (non-hydrogen) atoms. The highest BCUT2D eigenvalue weighted by Crippen LogP contribution is 2.05. The van der Waals surface area contributed by atoms with Crippen LogP contribution < -0.4 is 20.8 Å². The highest BCUT2D eigenvalue weighted by molar-refractivity contribution is 5.72. The first-order chi connectivity index (χ1) is 7.11. The van der Waals surface area contributed by atoms with Crippen molar-refractivity contribution >= 4 is 11.9 Å². The molecular formula is C9H14N2O4-2. The Labute approximate surface area is 87.7 Å². The van der Waals surface area contributed by atoms with Gasteiger partial charge in [0.05, 0.1) is 11.9 Å². The predicted molar refractivity (Wildman–Crippen MR) is 47.4 cm³/mol. The minimum Gasteiger partial charge on any atom is -0.548 e. The van der Waals surface area contributed by atoms with Gasteiger partial charge in [-0.15, -0.1) is 0 Å². The average Bonchev–Trinajstić information content (AvgIpc) is 2.27. The Kier molecular flexibility index (Phi) is 4.51. The summed E-state index contributed by atoms with van der Waals surface area (Å²) in [6.07, 6.45) is 1.28. The molecule has 6 nitrogen and oxygen atoms in total. The molecule has 2 N–H and O–H groups in total. The fraction of sp³-hybridized carbons (Fsp3) is 0.778. The number of rotatable bonds is 2. The van der Waals surface area contributed by atoms with Crippen LogP contribution in [0.4, 0.5) is 0 Å². The number of carbonyl (C=O) groups is 2. The van der Waals surface area contributed by atoms with E-state index in [1.807, 2.05) is 0 Å². The fourth-order valence-electron chi connectivity index (χ4n) is 1.63. The minimum absolute atomic E-state index is 0.383. The summed E-state index contributed by atoms with van der Waals surface area (Å²) in [5.74, 6) is -2.27. The average molecular weight is 214 g/mol. The first kappa shape index (κ1) is 11.9. The number of hydrogen-bond acceptors (Lipinski definition) is 6. The lowest BCUT2D eigenvalue weighted by atomic mass is 10.1. The molecule has 1 fully saturated rings. The van der Waals surface area contributed by atoms with Crippen molar-refractivity contribution in [2.75, 3.05) is 13.1 Å². The lowest BCUT2D eigenvalue weighted by Crippen LogP contribution is -2.48. The third-order valence-electron chi connectivity index (χ3n) is 2.46. The standard InChI is InChI=1S/C9H16N2O4/c12-8(13)6-2-1-3-7(9(14)15)11-5-4-10-6/h6-7,10-11H,1-5H2,(H,12,13)(H,14,15)/p-2/t6-,7-/m1/s1. The lowest BCUT2D eigenvalue weighted by Gasteiger charge is -2.18. The second-order valence-electron chi connectivity index (χ2n) is 3.58. The number of carboxylic acids is 2. The van der Waals surface area contributed by atoms with E-state index in [0.717, 1.165) is 0 Å². The molecule has 1 heterocycles. The molecule has 0 unspecified atom stereocenters. The lowest BCUT2D eigenvalue weighted by molar-refractivity contribution is -0.309. The van der Waals surface area contributed by atoms with Gasteiger partial charge < -0.3 is 30.4 Å². The topological polar surface area (TPSA) is 104 Å². The zero-order valence-electron chi connectivity index (χ0n) is 8.32. The van der Waals surface area contributed by atoms with Gasteiger partial charge in [-0.05, 0) is 19.3 Å². The van der Waals surface area contributed by atoms with E-state index < -0.39 is 24.0 Å². The van der Waals surface area contributed by atoms with Crippen LogP contribution in [-0.4, -0.2) is 37.1 Å². The molecule has 6 heteroatoms. The second-order valence-corrected chi connectivity index (χ2v) is 3.58. The van der Waals surface area contributed by atoms with Gasteiger partial charge in [0, 0.05) is 25.2 Å². The van der Waals surface area contributed by atoms with Crippen molar-refractivity contribution in [2.45, 2.75) is 31.3 Å². The van der Waals surface area contributed by atoms with E-state index in [-0.39, 0.29) is 0 Å². The van der Waals surface area contributed by atoms with E-state index in [1.165, 1.54) is 0 Å². The van der Waals surface area contributed by atoms with Gasteiger partial charge in [-0.3, -0.25) is 0 Å². The van der Waals surface area contributed by atoms with Crippen molar-refractivity contribution in [1.82, 2.24) is 10.6 Å². The first-order valence-corrected chi connectivity index (χ1v) is 4.99. The zero-order valence-corrected chi connectivity index (χ0v) is 8.32. The highest BCUT2D eigenvalue weighted by Gasteiger charge is 2.15. The maximum atomic E-state index is 10.6. The summed E-state index contributed by atoms with van der Waals surface area (Å²) in [6.45, 7) is 0.810. The highest BCUT2D eigenvalue weighted by atomic mass is 16.4. The van der Waals surface area contributed by atoms with Gasteiger partial charge in [0.1, 0.15) is 0 Å². The number of carbonyl (C=O) groups excluding carboxylic acids is 2. The summed E-state index contributed by atoms with van der Waals surface area (Å²) < 4.78 is 0. The van der Waals surface area contributed by atoms with Crippen molar-refractivity contribution in [2.24, 2.45) is 0 Å². The molecule has 0 aromatic rings. The summed E-state index contributed by atoms with van der Waals surface area (Å²) in [5, 5.41) is 26.8. The van der Waals surface area contributed by atoms with Crippen LogP contribution in [0.5, 0.6) is 0 Å². The van der Waals surface area contributed by atoms with Crippen LogP contribution >= 0.6 is 0 Å². The molecular weight excluding hydrogens is 200 g/mol.